The molecule has 2 aromatic rings. The first kappa shape index (κ1) is 19.4. The predicted octanol–water partition coefficient (Wildman–Crippen LogP) is 3.59. The number of hydrogen-bond donors (Lipinski definition) is 1. The summed E-state index contributed by atoms with van der Waals surface area (Å²) in [4.78, 5) is 11.0. The number of anilines is 1. The molecule has 0 aliphatic heterocycles. The first-order valence-corrected chi connectivity index (χ1v) is 9.20. The number of methoxy groups -OCH3 is 1. The molecule has 0 unspecified atom stereocenters. The minimum atomic E-state index is -4.17. The van der Waals surface area contributed by atoms with E-state index in [-0.39, 0.29) is 15.6 Å². The summed E-state index contributed by atoms with van der Waals surface area (Å²) in [6.07, 6.45) is 0. The van der Waals surface area contributed by atoms with E-state index in [4.69, 9.17) is 33.0 Å². The molecule has 0 bridgehead atoms. The number of nitrogens with zero attached hydrogens (tertiary/aromatic N) is 1. The van der Waals surface area contributed by atoms with Crippen molar-refractivity contribution in [1.82, 2.24) is 0 Å². The second-order valence-corrected chi connectivity index (χ2v) is 7.81. The third kappa shape index (κ3) is 4.18. The van der Waals surface area contributed by atoms with Gasteiger partial charge in [-0.15, -0.1) is 0 Å². The van der Waals surface area contributed by atoms with Crippen LogP contribution in [-0.2, 0) is 14.8 Å². The van der Waals surface area contributed by atoms with Crippen LogP contribution in [0.25, 0.3) is 0 Å². The fourth-order valence-corrected chi connectivity index (χ4v) is 4.04. The first-order valence-electron chi connectivity index (χ1n) is 7.01. The molecular formula is C16H15Cl2NO5S. The van der Waals surface area contributed by atoms with E-state index in [1.165, 1.54) is 37.4 Å². The van der Waals surface area contributed by atoms with Crippen molar-refractivity contribution in [2.24, 2.45) is 0 Å². The normalized spacial score (nSPS) is 11.2. The lowest BCUT2D eigenvalue weighted by atomic mass is 10.2. The van der Waals surface area contributed by atoms with E-state index in [0.29, 0.717) is 10.8 Å². The maximum atomic E-state index is 12.9. The Morgan fingerprint density at radius 2 is 1.84 bits per heavy atom. The molecule has 2 aromatic carbocycles. The lowest BCUT2D eigenvalue weighted by molar-refractivity contribution is -0.135. The predicted molar refractivity (Wildman–Crippen MR) is 96.4 cm³/mol. The third-order valence-corrected chi connectivity index (χ3v) is 5.91. The second kappa shape index (κ2) is 7.51. The molecule has 0 saturated heterocycles. The monoisotopic (exact) mass is 403 g/mol. The zero-order valence-electron chi connectivity index (χ0n) is 13.4. The molecule has 0 fully saturated rings. The SMILES string of the molecule is COc1ccc(S(=O)(=O)N(CC(=O)O)c2ccc(C)c(Cl)c2)cc1Cl. The fourth-order valence-electron chi connectivity index (χ4n) is 2.11. The molecule has 0 amide bonds. The third-order valence-electron chi connectivity index (χ3n) is 3.43. The molecular weight excluding hydrogens is 389 g/mol. The van der Waals surface area contributed by atoms with Crippen LogP contribution in [0.1, 0.15) is 5.56 Å². The van der Waals surface area contributed by atoms with Gasteiger partial charge in [-0.1, -0.05) is 29.3 Å². The Bertz CT molecular complexity index is 915. The number of carboxylic acid groups (broad SMARTS) is 1. The number of benzene rings is 2. The molecule has 6 nitrogen and oxygen atoms in total. The molecule has 9 heteroatoms. The molecule has 0 radical (unpaired) electrons. The van der Waals surface area contributed by atoms with Gasteiger partial charge in [-0.25, -0.2) is 8.42 Å². The van der Waals surface area contributed by atoms with Crippen LogP contribution in [0.5, 0.6) is 5.75 Å². The molecule has 25 heavy (non-hydrogen) atoms. The van der Waals surface area contributed by atoms with Crippen molar-refractivity contribution < 1.29 is 23.1 Å². The number of aliphatic carboxylic acids is 1. The van der Waals surface area contributed by atoms with E-state index in [1.807, 2.05) is 0 Å². The van der Waals surface area contributed by atoms with E-state index in [0.717, 1.165) is 9.87 Å². The number of sulfonamides is 1. The minimum absolute atomic E-state index is 0.0980. The number of hydrogen-bond acceptors (Lipinski definition) is 4. The van der Waals surface area contributed by atoms with Gasteiger partial charge in [-0.05, 0) is 42.8 Å². The van der Waals surface area contributed by atoms with E-state index >= 15 is 0 Å². The summed E-state index contributed by atoms with van der Waals surface area (Å²) < 4.78 is 31.6. The molecule has 0 atom stereocenters. The van der Waals surface area contributed by atoms with Crippen molar-refractivity contribution in [3.63, 3.8) is 0 Å². The van der Waals surface area contributed by atoms with E-state index in [9.17, 15) is 13.2 Å². The zero-order chi connectivity index (χ0) is 18.8. The van der Waals surface area contributed by atoms with Crippen LogP contribution >= 0.6 is 23.2 Å². The summed E-state index contributed by atoms with van der Waals surface area (Å²) in [6, 6.07) is 8.42. The highest BCUT2D eigenvalue weighted by Crippen LogP contribution is 2.31. The number of rotatable bonds is 6. The minimum Gasteiger partial charge on any atom is -0.495 e. The molecule has 0 spiro atoms. The van der Waals surface area contributed by atoms with Gasteiger partial charge in [0, 0.05) is 5.02 Å². The van der Waals surface area contributed by atoms with Gasteiger partial charge in [0.25, 0.3) is 10.0 Å². The van der Waals surface area contributed by atoms with Gasteiger partial charge < -0.3 is 9.84 Å². The quantitative estimate of drug-likeness (QED) is 0.796. The van der Waals surface area contributed by atoms with Crippen LogP contribution in [0.2, 0.25) is 10.0 Å². The summed E-state index contributed by atoms with van der Waals surface area (Å²) in [5.74, 6) is -0.997. The zero-order valence-corrected chi connectivity index (χ0v) is 15.7. The Morgan fingerprint density at radius 1 is 1.16 bits per heavy atom. The van der Waals surface area contributed by atoms with Crippen LogP contribution in [0.15, 0.2) is 41.3 Å². The van der Waals surface area contributed by atoms with Gasteiger partial charge in [0.2, 0.25) is 0 Å². The summed E-state index contributed by atoms with van der Waals surface area (Å²) in [7, 11) is -2.77. The summed E-state index contributed by atoms with van der Waals surface area (Å²) in [6.45, 7) is 0.997. The Labute approximate surface area is 155 Å². The van der Waals surface area contributed by atoms with E-state index in [1.54, 1.807) is 13.0 Å². The van der Waals surface area contributed by atoms with Crippen LogP contribution in [0.3, 0.4) is 0 Å². The van der Waals surface area contributed by atoms with Crippen LogP contribution in [0, 0.1) is 6.92 Å². The van der Waals surface area contributed by atoms with Crippen molar-refractivity contribution in [1.29, 1.82) is 0 Å². The van der Waals surface area contributed by atoms with Crippen molar-refractivity contribution in [3.05, 3.63) is 52.0 Å². The second-order valence-electron chi connectivity index (χ2n) is 5.14. The molecule has 1 N–H and O–H groups in total. The van der Waals surface area contributed by atoms with Gasteiger partial charge in [0.1, 0.15) is 12.3 Å². The smallest absolute Gasteiger partial charge is 0.324 e. The van der Waals surface area contributed by atoms with Gasteiger partial charge in [-0.2, -0.15) is 0 Å². The van der Waals surface area contributed by atoms with Crippen molar-refractivity contribution in [2.45, 2.75) is 11.8 Å². The first-order chi connectivity index (χ1) is 11.7. The summed E-state index contributed by atoms with van der Waals surface area (Å²) in [5.41, 5.74) is 0.885. The number of aryl methyl sites for hydroxylation is 1. The lowest BCUT2D eigenvalue weighted by Crippen LogP contribution is -2.35. The number of carbonyl (C=O) groups is 1. The van der Waals surface area contributed by atoms with Gasteiger partial charge in [0.05, 0.1) is 22.7 Å². The highest BCUT2D eigenvalue weighted by molar-refractivity contribution is 7.92. The topological polar surface area (TPSA) is 83.9 Å². The molecule has 0 saturated carbocycles. The Balaban J connectivity index is 2.57. The van der Waals surface area contributed by atoms with Crippen LogP contribution in [0.4, 0.5) is 5.69 Å². The standard InChI is InChI=1S/C16H15Cl2NO5S/c1-10-3-4-11(7-13(10)17)19(9-16(20)21)25(22,23)12-5-6-15(24-2)14(18)8-12/h3-8H,9H2,1-2H3,(H,20,21). The number of carboxylic acids is 1. The summed E-state index contributed by atoms with van der Waals surface area (Å²) in [5, 5.41) is 9.56. The highest BCUT2D eigenvalue weighted by Gasteiger charge is 2.28. The Kier molecular flexibility index (Phi) is 5.82. The van der Waals surface area contributed by atoms with Crippen LogP contribution < -0.4 is 9.04 Å². The van der Waals surface area contributed by atoms with Crippen molar-refractivity contribution >= 4 is 44.9 Å². The average molecular weight is 404 g/mol. The molecule has 0 heterocycles. The maximum Gasteiger partial charge on any atom is 0.324 e. The van der Waals surface area contributed by atoms with Crippen LogP contribution in [-0.4, -0.2) is 33.1 Å². The largest absolute Gasteiger partial charge is 0.495 e. The summed E-state index contributed by atoms with van der Waals surface area (Å²) >= 11 is 12.0. The van der Waals surface area contributed by atoms with Crippen molar-refractivity contribution in [3.8, 4) is 5.75 Å². The highest BCUT2D eigenvalue weighted by atomic mass is 35.5. The Morgan fingerprint density at radius 3 is 2.36 bits per heavy atom. The fraction of sp³-hybridized carbons (Fsp3) is 0.188. The molecule has 0 aliphatic carbocycles. The van der Waals surface area contributed by atoms with Gasteiger partial charge >= 0.3 is 5.97 Å². The molecule has 134 valence electrons. The average Bonchev–Trinajstić information content (AvgIpc) is 2.55. The number of halogens is 2. The molecule has 0 aromatic heterocycles. The Hall–Kier alpha value is -1.96. The number of ether oxygens (including phenoxy) is 1. The van der Waals surface area contributed by atoms with Gasteiger partial charge in [-0.3, -0.25) is 9.10 Å². The maximum absolute atomic E-state index is 12.9. The molecule has 0 aliphatic rings. The van der Waals surface area contributed by atoms with E-state index < -0.39 is 22.5 Å². The van der Waals surface area contributed by atoms with Gasteiger partial charge in [0.15, 0.2) is 0 Å². The van der Waals surface area contributed by atoms with E-state index in [2.05, 4.69) is 0 Å². The molecule has 2 rings (SSSR count). The van der Waals surface area contributed by atoms with Crippen molar-refractivity contribution in [2.75, 3.05) is 18.0 Å². The lowest BCUT2D eigenvalue weighted by Gasteiger charge is -2.23.